The standard InChI is InChI=1S/C18H14F3N5O/c1-22-17(27)10-7-13-14-9-25(2)24-16(14)26(15(13)23-8-10)12-5-3-11(4-6-12)18(19,20)21/h3-9H,1-2H3,(H,22,27). The maximum atomic E-state index is 12.9. The average molecular weight is 373 g/mol. The number of aromatic nitrogens is 4. The molecule has 27 heavy (non-hydrogen) atoms. The van der Waals surface area contributed by atoms with E-state index < -0.39 is 11.7 Å². The molecule has 3 heterocycles. The highest BCUT2D eigenvalue weighted by Gasteiger charge is 2.30. The number of aryl methyl sites for hydroxylation is 1. The lowest BCUT2D eigenvalue weighted by Crippen LogP contribution is -2.17. The van der Waals surface area contributed by atoms with E-state index in [2.05, 4.69) is 15.4 Å². The molecular weight excluding hydrogens is 359 g/mol. The van der Waals surface area contributed by atoms with Gasteiger partial charge in [0.25, 0.3) is 5.91 Å². The van der Waals surface area contributed by atoms with E-state index in [0.29, 0.717) is 27.9 Å². The molecule has 0 aliphatic carbocycles. The van der Waals surface area contributed by atoms with Crippen LogP contribution in [0, 0.1) is 0 Å². The van der Waals surface area contributed by atoms with E-state index >= 15 is 0 Å². The number of nitrogens with one attached hydrogen (secondary N) is 1. The highest BCUT2D eigenvalue weighted by molar-refractivity contribution is 6.08. The number of fused-ring (bicyclic) bond motifs is 3. The van der Waals surface area contributed by atoms with Gasteiger partial charge in [0.15, 0.2) is 5.65 Å². The average Bonchev–Trinajstić information content (AvgIpc) is 3.14. The predicted molar refractivity (Wildman–Crippen MR) is 93.7 cm³/mol. The zero-order valence-corrected chi connectivity index (χ0v) is 14.4. The monoisotopic (exact) mass is 373 g/mol. The smallest absolute Gasteiger partial charge is 0.355 e. The molecule has 4 aromatic rings. The molecule has 9 heteroatoms. The normalized spacial score (nSPS) is 12.0. The second-order valence-corrected chi connectivity index (χ2v) is 6.09. The summed E-state index contributed by atoms with van der Waals surface area (Å²) in [6.07, 6.45) is -1.19. The van der Waals surface area contributed by atoms with E-state index in [9.17, 15) is 18.0 Å². The van der Waals surface area contributed by atoms with E-state index in [4.69, 9.17) is 0 Å². The summed E-state index contributed by atoms with van der Waals surface area (Å²) in [4.78, 5) is 16.3. The third kappa shape index (κ3) is 2.71. The summed E-state index contributed by atoms with van der Waals surface area (Å²) in [7, 11) is 3.28. The molecule has 0 saturated carbocycles. The van der Waals surface area contributed by atoms with Crippen LogP contribution in [0.5, 0.6) is 0 Å². The lowest BCUT2D eigenvalue weighted by atomic mass is 10.2. The van der Waals surface area contributed by atoms with Crippen LogP contribution in [-0.4, -0.2) is 32.3 Å². The summed E-state index contributed by atoms with van der Waals surface area (Å²) in [6, 6.07) is 6.50. The number of hydrogen-bond donors (Lipinski definition) is 1. The number of pyridine rings is 1. The van der Waals surface area contributed by atoms with Crippen molar-refractivity contribution in [2.24, 2.45) is 7.05 Å². The zero-order valence-electron chi connectivity index (χ0n) is 14.4. The van der Waals surface area contributed by atoms with Gasteiger partial charge in [-0.2, -0.15) is 18.3 Å². The van der Waals surface area contributed by atoms with Gasteiger partial charge in [0, 0.05) is 42.9 Å². The van der Waals surface area contributed by atoms with Gasteiger partial charge in [-0.25, -0.2) is 4.98 Å². The largest absolute Gasteiger partial charge is 0.416 e. The van der Waals surface area contributed by atoms with E-state index in [1.165, 1.54) is 25.4 Å². The fraction of sp³-hybridized carbons (Fsp3) is 0.167. The maximum Gasteiger partial charge on any atom is 0.416 e. The minimum absolute atomic E-state index is 0.274. The van der Waals surface area contributed by atoms with Crippen molar-refractivity contribution in [3.8, 4) is 5.69 Å². The number of carbonyl (C=O) groups is 1. The summed E-state index contributed by atoms with van der Waals surface area (Å²) >= 11 is 0. The fourth-order valence-electron chi connectivity index (χ4n) is 3.08. The van der Waals surface area contributed by atoms with Crippen molar-refractivity contribution < 1.29 is 18.0 Å². The quantitative estimate of drug-likeness (QED) is 0.586. The second kappa shape index (κ2) is 5.83. The van der Waals surface area contributed by atoms with Crippen molar-refractivity contribution >= 4 is 28.0 Å². The molecule has 0 unspecified atom stereocenters. The summed E-state index contributed by atoms with van der Waals surface area (Å²) in [5.41, 5.74) is 1.23. The molecule has 0 aliphatic rings. The summed E-state index contributed by atoms with van der Waals surface area (Å²) in [5, 5.41) is 8.40. The van der Waals surface area contributed by atoms with E-state index in [-0.39, 0.29) is 5.91 Å². The molecule has 0 radical (unpaired) electrons. The van der Waals surface area contributed by atoms with Gasteiger partial charge in [-0.3, -0.25) is 14.0 Å². The van der Waals surface area contributed by atoms with Gasteiger partial charge in [-0.1, -0.05) is 0 Å². The number of alkyl halides is 3. The van der Waals surface area contributed by atoms with Crippen LogP contribution in [0.1, 0.15) is 15.9 Å². The van der Waals surface area contributed by atoms with Gasteiger partial charge in [-0.05, 0) is 30.3 Å². The summed E-state index contributed by atoms with van der Waals surface area (Å²) in [5.74, 6) is -0.274. The number of nitrogens with zero attached hydrogens (tertiary/aromatic N) is 4. The first-order valence-electron chi connectivity index (χ1n) is 8.03. The van der Waals surface area contributed by atoms with Crippen LogP contribution in [0.2, 0.25) is 0 Å². The van der Waals surface area contributed by atoms with Crippen LogP contribution in [0.15, 0.2) is 42.7 Å². The van der Waals surface area contributed by atoms with Crippen molar-refractivity contribution in [2.45, 2.75) is 6.18 Å². The van der Waals surface area contributed by atoms with Crippen LogP contribution < -0.4 is 5.32 Å². The van der Waals surface area contributed by atoms with Crippen molar-refractivity contribution in [1.82, 2.24) is 24.6 Å². The molecule has 0 aliphatic heterocycles. The van der Waals surface area contributed by atoms with Crippen LogP contribution in [0.3, 0.4) is 0 Å². The van der Waals surface area contributed by atoms with Crippen LogP contribution >= 0.6 is 0 Å². The molecule has 6 nitrogen and oxygen atoms in total. The highest BCUT2D eigenvalue weighted by atomic mass is 19.4. The molecular formula is C18H14F3N5O. The zero-order chi connectivity index (χ0) is 19.3. The number of halogens is 3. The minimum atomic E-state index is -4.40. The Bertz CT molecular complexity index is 1170. The first-order valence-corrected chi connectivity index (χ1v) is 8.03. The van der Waals surface area contributed by atoms with Gasteiger partial charge in [-0.15, -0.1) is 0 Å². The Hall–Kier alpha value is -3.36. The predicted octanol–water partition coefficient (Wildman–Crippen LogP) is 3.29. The van der Waals surface area contributed by atoms with E-state index in [1.807, 2.05) is 0 Å². The van der Waals surface area contributed by atoms with Gasteiger partial charge in [0.1, 0.15) is 5.65 Å². The first kappa shape index (κ1) is 17.1. The van der Waals surface area contributed by atoms with Crippen molar-refractivity contribution in [2.75, 3.05) is 7.05 Å². The molecule has 1 N–H and O–H groups in total. The number of amides is 1. The number of carbonyl (C=O) groups excluding carboxylic acids is 1. The lowest BCUT2D eigenvalue weighted by Gasteiger charge is -2.09. The minimum Gasteiger partial charge on any atom is -0.355 e. The lowest BCUT2D eigenvalue weighted by molar-refractivity contribution is -0.137. The highest BCUT2D eigenvalue weighted by Crippen LogP contribution is 2.33. The molecule has 0 saturated heterocycles. The molecule has 0 spiro atoms. The third-order valence-electron chi connectivity index (χ3n) is 4.33. The van der Waals surface area contributed by atoms with Crippen LogP contribution in [0.25, 0.3) is 27.8 Å². The van der Waals surface area contributed by atoms with Crippen LogP contribution in [0.4, 0.5) is 13.2 Å². The van der Waals surface area contributed by atoms with E-state index in [0.717, 1.165) is 17.5 Å². The van der Waals surface area contributed by atoms with Crippen molar-refractivity contribution in [3.05, 3.63) is 53.9 Å². The van der Waals surface area contributed by atoms with Crippen molar-refractivity contribution in [3.63, 3.8) is 0 Å². The van der Waals surface area contributed by atoms with Crippen molar-refractivity contribution in [1.29, 1.82) is 0 Å². The Morgan fingerprint density at radius 3 is 2.44 bits per heavy atom. The summed E-state index contributed by atoms with van der Waals surface area (Å²) < 4.78 is 41.8. The molecule has 1 amide bonds. The van der Waals surface area contributed by atoms with Gasteiger partial charge >= 0.3 is 6.18 Å². The molecule has 0 bridgehead atoms. The second-order valence-electron chi connectivity index (χ2n) is 6.09. The van der Waals surface area contributed by atoms with Gasteiger partial charge in [0.05, 0.1) is 11.1 Å². The fourth-order valence-corrected chi connectivity index (χ4v) is 3.08. The Morgan fingerprint density at radius 1 is 1.11 bits per heavy atom. The number of hydrogen-bond acceptors (Lipinski definition) is 3. The Kier molecular flexibility index (Phi) is 3.69. The van der Waals surface area contributed by atoms with Crippen LogP contribution in [-0.2, 0) is 13.2 Å². The SMILES string of the molecule is CNC(=O)c1cnc2c(c1)c1cn(C)nc1n2-c1ccc(C(F)(F)F)cc1. The molecule has 0 fully saturated rings. The van der Waals surface area contributed by atoms with E-state index in [1.54, 1.807) is 28.6 Å². The molecule has 0 atom stereocenters. The molecule has 4 rings (SSSR count). The Labute approximate surface area is 151 Å². The maximum absolute atomic E-state index is 12.9. The molecule has 1 aromatic carbocycles. The third-order valence-corrected chi connectivity index (χ3v) is 4.33. The first-order chi connectivity index (χ1) is 12.8. The van der Waals surface area contributed by atoms with Gasteiger partial charge in [0.2, 0.25) is 0 Å². The number of rotatable bonds is 2. The van der Waals surface area contributed by atoms with Gasteiger partial charge < -0.3 is 5.32 Å². The summed E-state index contributed by atoms with van der Waals surface area (Å²) in [6.45, 7) is 0. The molecule has 138 valence electrons. The Morgan fingerprint density at radius 2 is 1.81 bits per heavy atom. The number of benzene rings is 1. The Balaban J connectivity index is 1.97. The molecule has 3 aromatic heterocycles. The topological polar surface area (TPSA) is 64.7 Å².